The van der Waals surface area contributed by atoms with Crippen molar-refractivity contribution in [2.24, 2.45) is 5.84 Å². The Bertz CT molecular complexity index is 372. The van der Waals surface area contributed by atoms with Gasteiger partial charge in [-0.3, -0.25) is 0 Å². The van der Waals surface area contributed by atoms with Gasteiger partial charge < -0.3 is 19.8 Å². The van der Waals surface area contributed by atoms with Gasteiger partial charge >= 0.3 is 0 Å². The van der Waals surface area contributed by atoms with Gasteiger partial charge in [0.1, 0.15) is 6.33 Å². The van der Waals surface area contributed by atoms with Crippen molar-refractivity contribution in [1.29, 1.82) is 0 Å². The second-order valence-electron chi connectivity index (χ2n) is 4.06. The van der Waals surface area contributed by atoms with Gasteiger partial charge in [0, 0.05) is 13.6 Å². The fourth-order valence-electron chi connectivity index (χ4n) is 1.46. The second-order valence-corrected chi connectivity index (χ2v) is 4.06. The number of nitrogens with zero attached hydrogens (tertiary/aromatic N) is 3. The summed E-state index contributed by atoms with van der Waals surface area (Å²) in [5.41, 5.74) is 2.48. The Balaban J connectivity index is 2.75. The van der Waals surface area contributed by atoms with E-state index in [1.54, 1.807) is 7.11 Å². The third-order valence-corrected chi connectivity index (χ3v) is 2.37. The molecule has 0 bridgehead atoms. The summed E-state index contributed by atoms with van der Waals surface area (Å²) in [5.74, 6) is 7.02. The SMILES string of the molecule is COc1c(NN)ncnc1N(C)CCOC(C)C. The fourth-order valence-corrected chi connectivity index (χ4v) is 1.46. The number of hydrogen-bond donors (Lipinski definition) is 2. The van der Waals surface area contributed by atoms with Crippen molar-refractivity contribution in [2.75, 3.05) is 37.6 Å². The maximum atomic E-state index is 5.50. The first-order valence-corrected chi connectivity index (χ1v) is 5.78. The van der Waals surface area contributed by atoms with Gasteiger partial charge in [0.25, 0.3) is 0 Å². The lowest BCUT2D eigenvalue weighted by atomic mass is 10.4. The van der Waals surface area contributed by atoms with Crippen LogP contribution in [0, 0.1) is 0 Å². The zero-order chi connectivity index (χ0) is 13.5. The average Bonchev–Trinajstić information content (AvgIpc) is 2.36. The second kappa shape index (κ2) is 6.97. The van der Waals surface area contributed by atoms with Crippen LogP contribution in [0.5, 0.6) is 5.75 Å². The highest BCUT2D eigenvalue weighted by molar-refractivity contribution is 5.63. The minimum absolute atomic E-state index is 0.215. The van der Waals surface area contributed by atoms with Gasteiger partial charge in [-0.05, 0) is 13.8 Å². The summed E-state index contributed by atoms with van der Waals surface area (Å²) in [5, 5.41) is 0. The molecule has 0 aromatic carbocycles. The Morgan fingerprint density at radius 1 is 1.44 bits per heavy atom. The Morgan fingerprint density at radius 3 is 2.72 bits per heavy atom. The van der Waals surface area contributed by atoms with Gasteiger partial charge in [-0.2, -0.15) is 0 Å². The van der Waals surface area contributed by atoms with Crippen molar-refractivity contribution >= 4 is 11.6 Å². The molecule has 0 unspecified atom stereocenters. The molecule has 0 atom stereocenters. The molecule has 18 heavy (non-hydrogen) atoms. The number of hydrogen-bond acceptors (Lipinski definition) is 7. The van der Waals surface area contributed by atoms with Crippen LogP contribution in [0.15, 0.2) is 6.33 Å². The van der Waals surface area contributed by atoms with E-state index in [1.807, 2.05) is 25.8 Å². The monoisotopic (exact) mass is 255 g/mol. The van der Waals surface area contributed by atoms with E-state index in [9.17, 15) is 0 Å². The molecule has 1 aromatic heterocycles. The van der Waals surface area contributed by atoms with Gasteiger partial charge in [0.05, 0.1) is 19.8 Å². The lowest BCUT2D eigenvalue weighted by Gasteiger charge is -2.21. The molecule has 0 saturated carbocycles. The van der Waals surface area contributed by atoms with E-state index in [1.165, 1.54) is 6.33 Å². The summed E-state index contributed by atoms with van der Waals surface area (Å²) in [7, 11) is 3.47. The number of anilines is 2. The first-order valence-electron chi connectivity index (χ1n) is 5.78. The van der Waals surface area contributed by atoms with Gasteiger partial charge in [0.15, 0.2) is 11.6 Å². The van der Waals surface area contributed by atoms with Crippen LogP contribution in [0.2, 0.25) is 0 Å². The summed E-state index contributed by atoms with van der Waals surface area (Å²) in [4.78, 5) is 10.1. The number of rotatable bonds is 7. The van der Waals surface area contributed by atoms with Gasteiger partial charge in [0.2, 0.25) is 5.75 Å². The molecule has 0 spiro atoms. The Morgan fingerprint density at radius 2 is 2.17 bits per heavy atom. The topological polar surface area (TPSA) is 85.5 Å². The number of hydrazine groups is 1. The fraction of sp³-hybridized carbons (Fsp3) is 0.636. The first-order chi connectivity index (χ1) is 8.60. The molecular formula is C11H21N5O2. The van der Waals surface area contributed by atoms with E-state index in [2.05, 4.69) is 15.4 Å². The zero-order valence-electron chi connectivity index (χ0n) is 11.3. The first kappa shape index (κ1) is 14.5. The smallest absolute Gasteiger partial charge is 0.205 e. The minimum atomic E-state index is 0.215. The predicted molar refractivity (Wildman–Crippen MR) is 70.8 cm³/mol. The largest absolute Gasteiger partial charge is 0.490 e. The number of aromatic nitrogens is 2. The van der Waals surface area contributed by atoms with Crippen molar-refractivity contribution in [3.8, 4) is 5.75 Å². The van der Waals surface area contributed by atoms with Crippen LogP contribution in [-0.4, -0.2) is 43.4 Å². The van der Waals surface area contributed by atoms with E-state index in [0.29, 0.717) is 30.5 Å². The molecule has 3 N–H and O–H groups in total. The minimum Gasteiger partial charge on any atom is -0.490 e. The maximum absolute atomic E-state index is 5.50. The average molecular weight is 255 g/mol. The Labute approximate surface area is 107 Å². The van der Waals surface area contributed by atoms with E-state index < -0.39 is 0 Å². The summed E-state index contributed by atoms with van der Waals surface area (Å²) in [6, 6.07) is 0. The molecule has 1 aromatic rings. The van der Waals surface area contributed by atoms with Crippen LogP contribution in [0.4, 0.5) is 11.6 Å². The lowest BCUT2D eigenvalue weighted by molar-refractivity contribution is 0.0845. The van der Waals surface area contributed by atoms with Crippen molar-refractivity contribution in [3.63, 3.8) is 0 Å². The van der Waals surface area contributed by atoms with Crippen LogP contribution in [0.1, 0.15) is 13.8 Å². The number of nitrogens with two attached hydrogens (primary N) is 1. The molecular weight excluding hydrogens is 234 g/mol. The molecule has 0 aliphatic carbocycles. The molecule has 0 saturated heterocycles. The van der Waals surface area contributed by atoms with Crippen molar-refractivity contribution in [3.05, 3.63) is 6.33 Å². The summed E-state index contributed by atoms with van der Waals surface area (Å²) < 4.78 is 10.8. The molecule has 0 amide bonds. The number of ether oxygens (including phenoxy) is 2. The number of nitrogen functional groups attached to an aromatic ring is 1. The standard InChI is InChI=1S/C11H21N5O2/c1-8(2)18-6-5-16(3)11-9(17-4)10(15-12)13-7-14-11/h7-8H,5-6,12H2,1-4H3,(H,13,14,15). The van der Waals surface area contributed by atoms with E-state index >= 15 is 0 Å². The third kappa shape index (κ3) is 3.71. The molecule has 0 fully saturated rings. The van der Waals surface area contributed by atoms with Gasteiger partial charge in [-0.25, -0.2) is 15.8 Å². The van der Waals surface area contributed by atoms with Gasteiger partial charge in [-0.1, -0.05) is 0 Å². The van der Waals surface area contributed by atoms with Crippen molar-refractivity contribution in [1.82, 2.24) is 9.97 Å². The van der Waals surface area contributed by atoms with Crippen molar-refractivity contribution < 1.29 is 9.47 Å². The third-order valence-electron chi connectivity index (χ3n) is 2.37. The van der Waals surface area contributed by atoms with E-state index in [0.717, 1.165) is 0 Å². The summed E-state index contributed by atoms with van der Waals surface area (Å²) >= 11 is 0. The molecule has 0 aliphatic heterocycles. The predicted octanol–water partition coefficient (Wildman–Crippen LogP) is 0.632. The van der Waals surface area contributed by atoms with Crippen LogP contribution < -0.4 is 20.9 Å². The lowest BCUT2D eigenvalue weighted by Crippen LogP contribution is -2.26. The summed E-state index contributed by atoms with van der Waals surface area (Å²) in [6.07, 6.45) is 1.65. The Kier molecular flexibility index (Phi) is 5.60. The van der Waals surface area contributed by atoms with Crippen LogP contribution >= 0.6 is 0 Å². The molecule has 7 nitrogen and oxygen atoms in total. The highest BCUT2D eigenvalue weighted by atomic mass is 16.5. The number of methoxy groups -OCH3 is 1. The zero-order valence-corrected chi connectivity index (χ0v) is 11.3. The number of nitrogens with one attached hydrogen (secondary N) is 1. The normalized spacial score (nSPS) is 10.6. The summed E-state index contributed by atoms with van der Waals surface area (Å²) in [6.45, 7) is 5.33. The van der Waals surface area contributed by atoms with Crippen LogP contribution in [-0.2, 0) is 4.74 Å². The molecule has 1 heterocycles. The molecule has 1 rings (SSSR count). The molecule has 102 valence electrons. The highest BCUT2D eigenvalue weighted by Gasteiger charge is 2.14. The molecule has 0 radical (unpaired) electrons. The van der Waals surface area contributed by atoms with Gasteiger partial charge in [-0.15, -0.1) is 0 Å². The molecule has 0 aliphatic rings. The van der Waals surface area contributed by atoms with Crippen molar-refractivity contribution in [2.45, 2.75) is 20.0 Å². The van der Waals surface area contributed by atoms with E-state index in [-0.39, 0.29) is 6.10 Å². The maximum Gasteiger partial charge on any atom is 0.205 e. The molecule has 7 heteroatoms. The quantitative estimate of drug-likeness (QED) is 0.546. The highest BCUT2D eigenvalue weighted by Crippen LogP contribution is 2.30. The Hall–Kier alpha value is -1.60. The van der Waals surface area contributed by atoms with Crippen LogP contribution in [0.25, 0.3) is 0 Å². The number of likely N-dealkylation sites (N-methyl/N-ethyl adjacent to an activating group) is 1. The van der Waals surface area contributed by atoms with Crippen LogP contribution in [0.3, 0.4) is 0 Å². The van der Waals surface area contributed by atoms with E-state index in [4.69, 9.17) is 15.3 Å².